The molecule has 1 saturated heterocycles. The summed E-state index contributed by atoms with van der Waals surface area (Å²) >= 11 is 0. The van der Waals surface area contributed by atoms with Gasteiger partial charge >= 0.3 is 0 Å². The van der Waals surface area contributed by atoms with Gasteiger partial charge in [-0.2, -0.15) is 0 Å². The maximum Gasteiger partial charge on any atom is 0.290 e. The zero-order valence-electron chi connectivity index (χ0n) is 12.6. The number of pyridine rings is 1. The van der Waals surface area contributed by atoms with Crippen molar-refractivity contribution in [2.45, 2.75) is 33.0 Å². The predicted molar refractivity (Wildman–Crippen MR) is 78.2 cm³/mol. The van der Waals surface area contributed by atoms with Gasteiger partial charge in [0.15, 0.2) is 5.79 Å². The van der Waals surface area contributed by atoms with E-state index in [1.807, 2.05) is 6.92 Å². The van der Waals surface area contributed by atoms with Crippen LogP contribution in [-0.4, -0.2) is 35.5 Å². The largest absolute Gasteiger partial charge is 0.370 e. The van der Waals surface area contributed by atoms with Crippen LogP contribution in [0.25, 0.3) is 0 Å². The first-order valence-corrected chi connectivity index (χ1v) is 7.02. The lowest BCUT2D eigenvalue weighted by Gasteiger charge is -2.26. The summed E-state index contributed by atoms with van der Waals surface area (Å²) in [5.74, 6) is 0.466. The van der Waals surface area contributed by atoms with Gasteiger partial charge in [0.25, 0.3) is 5.69 Å². The monoisotopic (exact) mass is 295 g/mol. The van der Waals surface area contributed by atoms with E-state index in [-0.39, 0.29) is 5.69 Å². The number of hydrogen-bond donors (Lipinski definition) is 1. The molecule has 2 heterocycles. The van der Waals surface area contributed by atoms with Crippen molar-refractivity contribution in [3.63, 3.8) is 0 Å². The van der Waals surface area contributed by atoms with Crippen molar-refractivity contribution in [3.05, 3.63) is 27.9 Å². The van der Waals surface area contributed by atoms with E-state index in [9.17, 15) is 10.1 Å². The summed E-state index contributed by atoms with van der Waals surface area (Å²) in [6, 6.07) is 1.69. The molecular weight excluding hydrogens is 274 g/mol. The third-order valence-electron chi connectivity index (χ3n) is 3.53. The van der Waals surface area contributed by atoms with Crippen LogP contribution in [0.2, 0.25) is 0 Å². The minimum atomic E-state index is -0.500. The predicted octanol–water partition coefficient (Wildman–Crippen LogP) is 2.50. The highest BCUT2D eigenvalue weighted by Crippen LogP contribution is 2.27. The molecule has 0 aromatic carbocycles. The molecule has 2 rings (SSSR count). The Labute approximate surface area is 123 Å². The van der Waals surface area contributed by atoms with Crippen molar-refractivity contribution < 1.29 is 14.4 Å². The molecule has 7 heteroatoms. The van der Waals surface area contributed by atoms with E-state index in [1.165, 1.54) is 6.20 Å². The van der Waals surface area contributed by atoms with Gasteiger partial charge in [0, 0.05) is 18.5 Å². The van der Waals surface area contributed by atoms with Gasteiger partial charge in [-0.3, -0.25) is 10.1 Å². The van der Waals surface area contributed by atoms with E-state index >= 15 is 0 Å². The summed E-state index contributed by atoms with van der Waals surface area (Å²) < 4.78 is 11.2. The van der Waals surface area contributed by atoms with E-state index in [0.717, 1.165) is 6.42 Å². The smallest absolute Gasteiger partial charge is 0.290 e. The van der Waals surface area contributed by atoms with Crippen molar-refractivity contribution in [2.24, 2.45) is 5.92 Å². The summed E-state index contributed by atoms with van der Waals surface area (Å²) in [7, 11) is 0. The molecule has 1 aromatic rings. The normalized spacial score (nSPS) is 18.4. The van der Waals surface area contributed by atoms with Crippen molar-refractivity contribution >= 4 is 11.5 Å². The van der Waals surface area contributed by atoms with Gasteiger partial charge in [-0.1, -0.05) is 6.92 Å². The highest BCUT2D eigenvalue weighted by Gasteiger charge is 2.32. The number of hydrogen-bond acceptors (Lipinski definition) is 6. The van der Waals surface area contributed by atoms with Gasteiger partial charge in [-0.05, 0) is 25.8 Å². The molecule has 1 unspecified atom stereocenters. The van der Waals surface area contributed by atoms with Crippen LogP contribution in [0.15, 0.2) is 12.3 Å². The van der Waals surface area contributed by atoms with Crippen molar-refractivity contribution in [1.29, 1.82) is 0 Å². The molecule has 1 atom stereocenters. The average Bonchev–Trinajstić information content (AvgIpc) is 2.82. The number of rotatable bonds is 6. The molecule has 0 amide bonds. The van der Waals surface area contributed by atoms with Crippen LogP contribution in [0, 0.1) is 23.0 Å². The first-order chi connectivity index (χ1) is 9.89. The maximum atomic E-state index is 10.7. The fourth-order valence-corrected chi connectivity index (χ4v) is 2.50. The number of ether oxygens (including phenoxy) is 2. The summed E-state index contributed by atoms with van der Waals surface area (Å²) in [5, 5.41) is 13.9. The Kier molecular flexibility index (Phi) is 4.74. The van der Waals surface area contributed by atoms with Crippen molar-refractivity contribution in [2.75, 3.05) is 25.1 Å². The number of nitrogens with zero attached hydrogens (tertiary/aromatic N) is 2. The molecule has 0 bridgehead atoms. The zero-order chi connectivity index (χ0) is 15.5. The fraction of sp³-hybridized carbons (Fsp3) is 0.643. The minimum Gasteiger partial charge on any atom is -0.370 e. The average molecular weight is 295 g/mol. The summed E-state index contributed by atoms with van der Waals surface area (Å²) in [6.07, 6.45) is 2.07. The molecule has 0 saturated carbocycles. The molecule has 116 valence electrons. The molecule has 7 nitrogen and oxygen atoms in total. The molecule has 1 aliphatic heterocycles. The van der Waals surface area contributed by atoms with E-state index < -0.39 is 10.7 Å². The number of anilines is 1. The van der Waals surface area contributed by atoms with Gasteiger partial charge in [-0.25, -0.2) is 4.98 Å². The van der Waals surface area contributed by atoms with Crippen LogP contribution in [0.4, 0.5) is 11.5 Å². The quantitative estimate of drug-likeness (QED) is 0.641. The standard InChI is InChI=1S/C14H21N3O4/c1-10(7-14(3)20-4-5-21-14)8-15-13-6-11(2)12(9-16-13)17(18)19/h6,9-10H,4-5,7-8H2,1-3H3,(H,15,16). The van der Waals surface area contributed by atoms with E-state index in [2.05, 4.69) is 17.2 Å². The lowest BCUT2D eigenvalue weighted by atomic mass is 10.0. The Morgan fingerprint density at radius 2 is 2.19 bits per heavy atom. The lowest BCUT2D eigenvalue weighted by Crippen LogP contribution is -2.30. The van der Waals surface area contributed by atoms with Gasteiger partial charge in [0.05, 0.1) is 18.1 Å². The second-order valence-corrected chi connectivity index (χ2v) is 5.63. The Morgan fingerprint density at radius 1 is 1.52 bits per heavy atom. The van der Waals surface area contributed by atoms with Crippen LogP contribution >= 0.6 is 0 Å². The number of aromatic nitrogens is 1. The van der Waals surface area contributed by atoms with E-state index in [1.54, 1.807) is 13.0 Å². The third-order valence-corrected chi connectivity index (χ3v) is 3.53. The number of nitrogens with one attached hydrogen (secondary N) is 1. The fourth-order valence-electron chi connectivity index (χ4n) is 2.50. The topological polar surface area (TPSA) is 86.5 Å². The molecule has 21 heavy (non-hydrogen) atoms. The van der Waals surface area contributed by atoms with Crippen LogP contribution in [0.1, 0.15) is 25.8 Å². The highest BCUT2D eigenvalue weighted by atomic mass is 16.7. The first-order valence-electron chi connectivity index (χ1n) is 7.02. The van der Waals surface area contributed by atoms with E-state index in [4.69, 9.17) is 9.47 Å². The molecule has 1 aromatic heterocycles. The van der Waals surface area contributed by atoms with E-state index in [0.29, 0.717) is 37.1 Å². The van der Waals surface area contributed by atoms with Crippen LogP contribution in [-0.2, 0) is 9.47 Å². The zero-order valence-corrected chi connectivity index (χ0v) is 12.6. The summed E-state index contributed by atoms with van der Waals surface area (Å²) in [5.41, 5.74) is 0.633. The van der Waals surface area contributed by atoms with Crippen molar-refractivity contribution in [3.8, 4) is 0 Å². The molecule has 1 fully saturated rings. The molecule has 0 aliphatic carbocycles. The Bertz CT molecular complexity index is 515. The van der Waals surface area contributed by atoms with Crippen LogP contribution < -0.4 is 5.32 Å². The second-order valence-electron chi connectivity index (χ2n) is 5.63. The molecule has 1 aliphatic rings. The second kappa shape index (κ2) is 6.36. The van der Waals surface area contributed by atoms with Crippen LogP contribution in [0.5, 0.6) is 0 Å². The van der Waals surface area contributed by atoms with Gasteiger partial charge < -0.3 is 14.8 Å². The number of aryl methyl sites for hydroxylation is 1. The minimum absolute atomic E-state index is 0.0360. The highest BCUT2D eigenvalue weighted by molar-refractivity contribution is 5.46. The molecular formula is C14H21N3O4. The summed E-state index contributed by atoms with van der Waals surface area (Å²) in [6.45, 7) is 7.73. The van der Waals surface area contributed by atoms with Gasteiger partial charge in [-0.15, -0.1) is 0 Å². The lowest BCUT2D eigenvalue weighted by molar-refractivity contribution is -0.385. The number of nitro groups is 1. The Morgan fingerprint density at radius 3 is 2.76 bits per heavy atom. The van der Waals surface area contributed by atoms with Gasteiger partial charge in [0.2, 0.25) is 0 Å². The SMILES string of the molecule is Cc1cc(NCC(C)CC2(C)OCCO2)ncc1[N+](=O)[O-]. The van der Waals surface area contributed by atoms with Crippen LogP contribution in [0.3, 0.4) is 0 Å². The van der Waals surface area contributed by atoms with Crippen molar-refractivity contribution in [1.82, 2.24) is 4.98 Å². The Balaban J connectivity index is 1.87. The summed E-state index contributed by atoms with van der Waals surface area (Å²) in [4.78, 5) is 14.4. The maximum absolute atomic E-state index is 10.7. The third kappa shape index (κ3) is 4.12. The van der Waals surface area contributed by atoms with Gasteiger partial charge in [0.1, 0.15) is 12.0 Å². The molecule has 0 radical (unpaired) electrons. The molecule has 1 N–H and O–H groups in total. The first kappa shape index (κ1) is 15.7. The molecule has 0 spiro atoms. The Hall–Kier alpha value is -1.73.